The molecule has 0 unspecified atom stereocenters. The summed E-state index contributed by atoms with van der Waals surface area (Å²) in [5, 5.41) is 3.21. The normalized spacial score (nSPS) is 32.6. The van der Waals surface area contributed by atoms with Crippen LogP contribution in [-0.2, 0) is 0 Å². The van der Waals surface area contributed by atoms with Gasteiger partial charge in [0.2, 0.25) is 0 Å². The second-order valence-corrected chi connectivity index (χ2v) is 3.30. The molecule has 0 amide bonds. The Hall–Kier alpha value is -0.410. The molecule has 48 valence electrons. The van der Waals surface area contributed by atoms with Crippen molar-refractivity contribution in [3.63, 3.8) is 0 Å². The van der Waals surface area contributed by atoms with E-state index in [1.54, 1.807) is 11.3 Å². The lowest BCUT2D eigenvalue weighted by Crippen LogP contribution is -2.00. The van der Waals surface area contributed by atoms with Crippen molar-refractivity contribution in [1.82, 2.24) is 4.98 Å². The number of nitrogens with two attached hydrogens (primary N) is 1. The van der Waals surface area contributed by atoms with Crippen LogP contribution in [0.25, 0.3) is 0 Å². The van der Waals surface area contributed by atoms with Crippen molar-refractivity contribution in [2.45, 2.75) is 18.4 Å². The van der Waals surface area contributed by atoms with Crippen LogP contribution in [0, 0.1) is 0 Å². The summed E-state index contributed by atoms with van der Waals surface area (Å²) in [6.07, 6.45) is 2.97. The molecule has 1 aromatic heterocycles. The zero-order chi connectivity index (χ0) is 6.27. The summed E-state index contributed by atoms with van der Waals surface area (Å²) in [5.74, 6) is 0.588. The van der Waals surface area contributed by atoms with Gasteiger partial charge in [0.1, 0.15) is 0 Å². The maximum absolute atomic E-state index is 5.62. The van der Waals surface area contributed by atoms with Crippen LogP contribution in [0.4, 0.5) is 0 Å². The Morgan fingerprint density at radius 3 is 3.00 bits per heavy atom. The Morgan fingerprint density at radius 2 is 2.56 bits per heavy atom. The van der Waals surface area contributed by atoms with Crippen LogP contribution in [0.15, 0.2) is 11.6 Å². The van der Waals surface area contributed by atoms with Crippen molar-refractivity contribution in [3.8, 4) is 0 Å². The third-order valence-electron chi connectivity index (χ3n) is 1.61. The number of hydrogen-bond acceptors (Lipinski definition) is 3. The van der Waals surface area contributed by atoms with Crippen molar-refractivity contribution >= 4 is 11.3 Å². The molecule has 1 saturated carbocycles. The molecule has 1 aliphatic rings. The molecule has 0 spiro atoms. The van der Waals surface area contributed by atoms with E-state index in [1.165, 1.54) is 5.01 Å². The Kier molecular flexibility index (Phi) is 1.07. The average Bonchev–Trinajstić information content (AvgIpc) is 2.44. The van der Waals surface area contributed by atoms with Gasteiger partial charge in [0.25, 0.3) is 0 Å². The van der Waals surface area contributed by atoms with Gasteiger partial charge in [0, 0.05) is 23.5 Å². The summed E-state index contributed by atoms with van der Waals surface area (Å²) in [7, 11) is 0. The highest BCUT2D eigenvalue weighted by molar-refractivity contribution is 7.09. The quantitative estimate of drug-likeness (QED) is 0.631. The smallest absolute Gasteiger partial charge is 0.0971 e. The molecule has 1 heterocycles. The number of aromatic nitrogens is 1. The van der Waals surface area contributed by atoms with Crippen LogP contribution in [0.3, 0.4) is 0 Å². The second-order valence-electron chi connectivity index (χ2n) is 2.38. The summed E-state index contributed by atoms with van der Waals surface area (Å²) in [6, 6.07) is 0.399. The first-order valence-electron chi connectivity index (χ1n) is 3.03. The third-order valence-corrected chi connectivity index (χ3v) is 2.52. The summed E-state index contributed by atoms with van der Waals surface area (Å²) in [6.45, 7) is 0. The average molecular weight is 140 g/mol. The molecule has 0 aliphatic heterocycles. The van der Waals surface area contributed by atoms with Crippen LogP contribution < -0.4 is 5.73 Å². The van der Waals surface area contributed by atoms with Gasteiger partial charge in [-0.2, -0.15) is 0 Å². The fourth-order valence-electron chi connectivity index (χ4n) is 0.916. The highest BCUT2D eigenvalue weighted by Gasteiger charge is 2.36. The number of hydrogen-bond donors (Lipinski definition) is 1. The number of thiazole rings is 1. The molecule has 0 bridgehead atoms. The largest absolute Gasteiger partial charge is 0.327 e. The molecule has 9 heavy (non-hydrogen) atoms. The minimum Gasteiger partial charge on any atom is -0.327 e. The molecule has 2 atom stereocenters. The Labute approximate surface area is 57.7 Å². The first-order valence-corrected chi connectivity index (χ1v) is 3.91. The molecule has 3 heteroatoms. The van der Waals surface area contributed by atoms with Gasteiger partial charge in [-0.05, 0) is 6.42 Å². The maximum atomic E-state index is 5.62. The monoisotopic (exact) mass is 140 g/mol. The number of rotatable bonds is 1. The van der Waals surface area contributed by atoms with Gasteiger partial charge in [0.05, 0.1) is 5.01 Å². The molecule has 0 saturated heterocycles. The Balaban J connectivity index is 2.18. The molecule has 2 nitrogen and oxygen atoms in total. The van der Waals surface area contributed by atoms with E-state index in [0.717, 1.165) is 6.42 Å². The third kappa shape index (κ3) is 0.862. The zero-order valence-electron chi connectivity index (χ0n) is 4.95. The second kappa shape index (κ2) is 1.78. The lowest BCUT2D eigenvalue weighted by atomic mass is 10.4. The molecule has 1 aromatic rings. The zero-order valence-corrected chi connectivity index (χ0v) is 5.77. The van der Waals surface area contributed by atoms with Crippen molar-refractivity contribution in [3.05, 3.63) is 16.6 Å². The van der Waals surface area contributed by atoms with E-state index in [0.29, 0.717) is 12.0 Å². The molecular formula is C6H8N2S. The lowest BCUT2D eigenvalue weighted by Gasteiger charge is -1.84. The van der Waals surface area contributed by atoms with Crippen LogP contribution in [0.5, 0.6) is 0 Å². The van der Waals surface area contributed by atoms with E-state index < -0.39 is 0 Å². The van der Waals surface area contributed by atoms with Gasteiger partial charge in [-0.15, -0.1) is 11.3 Å². The predicted octanol–water partition coefficient (Wildman–Crippen LogP) is 0.958. The highest BCUT2D eigenvalue weighted by atomic mass is 32.1. The van der Waals surface area contributed by atoms with Crippen LogP contribution in [0.1, 0.15) is 17.3 Å². The topological polar surface area (TPSA) is 38.9 Å². The van der Waals surface area contributed by atoms with Gasteiger partial charge >= 0.3 is 0 Å². The summed E-state index contributed by atoms with van der Waals surface area (Å²) in [4.78, 5) is 4.17. The fourth-order valence-corrected chi connectivity index (χ4v) is 1.74. The summed E-state index contributed by atoms with van der Waals surface area (Å²) in [5.41, 5.74) is 5.62. The first kappa shape index (κ1) is 5.38. The summed E-state index contributed by atoms with van der Waals surface area (Å²) >= 11 is 1.71. The van der Waals surface area contributed by atoms with Crippen LogP contribution in [-0.4, -0.2) is 11.0 Å². The molecule has 1 fully saturated rings. The molecule has 2 N–H and O–H groups in total. The molecule has 0 aromatic carbocycles. The molecular weight excluding hydrogens is 132 g/mol. The predicted molar refractivity (Wildman–Crippen MR) is 37.4 cm³/mol. The van der Waals surface area contributed by atoms with E-state index >= 15 is 0 Å². The molecule has 1 aliphatic carbocycles. The van der Waals surface area contributed by atoms with Crippen molar-refractivity contribution in [2.75, 3.05) is 0 Å². The van der Waals surface area contributed by atoms with Crippen molar-refractivity contribution in [1.29, 1.82) is 0 Å². The van der Waals surface area contributed by atoms with E-state index in [1.807, 2.05) is 11.6 Å². The van der Waals surface area contributed by atoms with Gasteiger partial charge in [-0.1, -0.05) is 0 Å². The van der Waals surface area contributed by atoms with Gasteiger partial charge < -0.3 is 5.73 Å². The van der Waals surface area contributed by atoms with Crippen molar-refractivity contribution < 1.29 is 0 Å². The standard InChI is InChI=1S/C6H8N2S/c7-5-3-4(5)6-8-1-2-9-6/h1-2,4-5H,3,7H2/t4-,5-/m1/s1. The minimum atomic E-state index is 0.399. The lowest BCUT2D eigenvalue weighted by molar-refractivity contribution is 0.975. The van der Waals surface area contributed by atoms with E-state index in [-0.39, 0.29) is 0 Å². The first-order chi connectivity index (χ1) is 4.38. The van der Waals surface area contributed by atoms with Gasteiger partial charge in [0.15, 0.2) is 0 Å². The molecule has 2 rings (SSSR count). The van der Waals surface area contributed by atoms with E-state index in [2.05, 4.69) is 4.98 Å². The molecule has 0 radical (unpaired) electrons. The van der Waals surface area contributed by atoms with Crippen molar-refractivity contribution in [2.24, 2.45) is 5.73 Å². The van der Waals surface area contributed by atoms with Gasteiger partial charge in [-0.3, -0.25) is 0 Å². The minimum absolute atomic E-state index is 0.399. The fraction of sp³-hybridized carbons (Fsp3) is 0.500. The highest BCUT2D eigenvalue weighted by Crippen LogP contribution is 2.39. The number of nitrogens with zero attached hydrogens (tertiary/aromatic N) is 1. The summed E-state index contributed by atoms with van der Waals surface area (Å²) < 4.78 is 0. The van der Waals surface area contributed by atoms with Crippen LogP contribution in [0.2, 0.25) is 0 Å². The SMILES string of the molecule is N[C@@H]1C[C@H]1c1nccs1. The van der Waals surface area contributed by atoms with Gasteiger partial charge in [-0.25, -0.2) is 4.98 Å². The maximum Gasteiger partial charge on any atom is 0.0971 e. The van der Waals surface area contributed by atoms with Crippen LogP contribution >= 0.6 is 11.3 Å². The Bertz CT molecular complexity index is 195. The van der Waals surface area contributed by atoms with E-state index in [9.17, 15) is 0 Å². The van der Waals surface area contributed by atoms with E-state index in [4.69, 9.17) is 5.73 Å². The Morgan fingerprint density at radius 1 is 1.78 bits per heavy atom.